The molecule has 1 aromatic carbocycles. The normalized spacial score (nSPS) is 9.65. The number of hydrogen-bond donors (Lipinski definition) is 1. The molecule has 0 unspecified atom stereocenters. The molecule has 0 aliphatic heterocycles. The fraction of sp³-hybridized carbons (Fsp3) is 0.231. The number of ether oxygens (including phenoxy) is 2. The fourth-order valence-electron chi connectivity index (χ4n) is 1.60. The Kier molecular flexibility index (Phi) is 6.33. The molecule has 1 heterocycles. The molecule has 0 aliphatic rings. The number of aromatic carboxylic acids is 1. The van der Waals surface area contributed by atoms with Gasteiger partial charge >= 0.3 is 29.0 Å². The second-order valence-corrected chi connectivity index (χ2v) is 3.82. The predicted molar refractivity (Wildman–Crippen MR) is 73.4 cm³/mol. The van der Waals surface area contributed by atoms with Crippen molar-refractivity contribution >= 4 is 29.0 Å². The van der Waals surface area contributed by atoms with Crippen LogP contribution in [0, 0.1) is 0 Å². The number of nitrogens with zero attached hydrogens (tertiary/aromatic N) is 2. The molecule has 0 amide bonds. The van der Waals surface area contributed by atoms with Gasteiger partial charge in [-0.2, -0.15) is 0 Å². The molecule has 20 heavy (non-hydrogen) atoms. The number of aromatic nitrogens is 2. The van der Waals surface area contributed by atoms with Crippen LogP contribution in [0.15, 0.2) is 36.9 Å². The first-order valence-electron chi connectivity index (χ1n) is 5.70. The van der Waals surface area contributed by atoms with Crippen molar-refractivity contribution < 1.29 is 19.4 Å². The molecule has 0 atom stereocenters. The van der Waals surface area contributed by atoms with E-state index in [-0.39, 0.29) is 28.6 Å². The van der Waals surface area contributed by atoms with Crippen LogP contribution < -0.4 is 9.47 Å². The molecule has 1 N–H and O–H groups in total. The van der Waals surface area contributed by atoms with E-state index in [4.69, 9.17) is 14.6 Å². The quantitative estimate of drug-likeness (QED) is 0.810. The third kappa shape index (κ3) is 4.14. The van der Waals surface area contributed by atoms with Crippen molar-refractivity contribution in [2.24, 2.45) is 0 Å². The predicted octanol–water partition coefficient (Wildman–Crippen LogP) is 1.29. The van der Waals surface area contributed by atoms with E-state index < -0.39 is 5.97 Å². The average Bonchev–Trinajstić information content (AvgIpc) is 2.92. The first-order chi connectivity index (χ1) is 9.20. The summed E-state index contributed by atoms with van der Waals surface area (Å²) in [6.07, 6.45) is 5.24. The van der Waals surface area contributed by atoms with E-state index >= 15 is 0 Å². The van der Waals surface area contributed by atoms with Gasteiger partial charge in [0.15, 0.2) is 11.5 Å². The van der Waals surface area contributed by atoms with Crippen LogP contribution in [0.1, 0.15) is 10.4 Å². The van der Waals surface area contributed by atoms with Crippen LogP contribution >= 0.6 is 0 Å². The van der Waals surface area contributed by atoms with Crippen LogP contribution in [0.4, 0.5) is 0 Å². The number of benzene rings is 1. The first kappa shape index (κ1) is 16.3. The molecule has 2 aromatic rings. The maximum atomic E-state index is 10.8. The van der Waals surface area contributed by atoms with Crippen LogP contribution in [0.3, 0.4) is 0 Å². The van der Waals surface area contributed by atoms with Crippen molar-refractivity contribution in [3.8, 4) is 11.5 Å². The van der Waals surface area contributed by atoms with E-state index in [9.17, 15) is 4.79 Å². The van der Waals surface area contributed by atoms with Crippen molar-refractivity contribution in [2.45, 2.75) is 6.54 Å². The molecule has 0 saturated heterocycles. The van der Waals surface area contributed by atoms with Crippen LogP contribution in [0.25, 0.3) is 0 Å². The van der Waals surface area contributed by atoms with Gasteiger partial charge in [0.2, 0.25) is 0 Å². The smallest absolute Gasteiger partial charge is 0.493 e. The Hall–Kier alpha value is -1.73. The zero-order valence-electron chi connectivity index (χ0n) is 11.2. The summed E-state index contributed by atoms with van der Waals surface area (Å²) >= 11 is 0. The van der Waals surface area contributed by atoms with Gasteiger partial charge in [-0.05, 0) is 18.2 Å². The first-order valence-corrected chi connectivity index (χ1v) is 5.70. The summed E-state index contributed by atoms with van der Waals surface area (Å²) in [7, 11) is 1.48. The molecule has 1 aromatic heterocycles. The third-order valence-electron chi connectivity index (χ3n) is 2.58. The topological polar surface area (TPSA) is 73.6 Å². The number of hydrogen-bond acceptors (Lipinski definition) is 4. The number of carboxylic acids is 1. The number of rotatable bonds is 6. The molecule has 0 fully saturated rings. The summed E-state index contributed by atoms with van der Waals surface area (Å²) in [6, 6.07) is 4.52. The van der Waals surface area contributed by atoms with E-state index in [0.29, 0.717) is 24.7 Å². The molecule has 0 radical (unpaired) electrons. The van der Waals surface area contributed by atoms with Gasteiger partial charge < -0.3 is 19.1 Å². The Morgan fingerprint density at radius 1 is 1.40 bits per heavy atom. The minimum Gasteiger partial charge on any atom is -0.493 e. The maximum Gasteiger partial charge on any atom is 2.00 e. The fourth-order valence-corrected chi connectivity index (χ4v) is 1.60. The average molecular weight is 287 g/mol. The second kappa shape index (κ2) is 7.76. The Balaban J connectivity index is 0.00000200. The zero-order chi connectivity index (χ0) is 13.7. The summed E-state index contributed by atoms with van der Waals surface area (Å²) in [4.78, 5) is 14.8. The van der Waals surface area contributed by atoms with E-state index in [0.717, 1.165) is 0 Å². The SMILES string of the molecule is COc1cc(C(=O)O)ccc1OCCn1ccnc1.[Mg+2]. The molecule has 0 spiro atoms. The molecule has 0 aliphatic carbocycles. The van der Waals surface area contributed by atoms with Gasteiger partial charge in [-0.1, -0.05) is 0 Å². The maximum absolute atomic E-state index is 10.8. The monoisotopic (exact) mass is 286 g/mol. The van der Waals surface area contributed by atoms with E-state index in [1.165, 1.54) is 19.2 Å². The van der Waals surface area contributed by atoms with Crippen LogP contribution in [-0.2, 0) is 6.54 Å². The van der Waals surface area contributed by atoms with Crippen LogP contribution in [0.2, 0.25) is 0 Å². The summed E-state index contributed by atoms with van der Waals surface area (Å²) in [5.41, 5.74) is 0.166. The van der Waals surface area contributed by atoms with Gasteiger partial charge in [0.1, 0.15) is 6.61 Å². The van der Waals surface area contributed by atoms with Crippen molar-refractivity contribution in [3.63, 3.8) is 0 Å². The Morgan fingerprint density at radius 2 is 2.20 bits per heavy atom. The van der Waals surface area contributed by atoms with E-state index in [1.54, 1.807) is 18.6 Å². The molecule has 0 bridgehead atoms. The van der Waals surface area contributed by atoms with Gasteiger partial charge in [0.05, 0.1) is 25.5 Å². The number of carbonyl (C=O) groups is 1. The summed E-state index contributed by atoms with van der Waals surface area (Å²) < 4.78 is 12.6. The van der Waals surface area contributed by atoms with Crippen molar-refractivity contribution in [1.29, 1.82) is 0 Å². The van der Waals surface area contributed by atoms with Gasteiger partial charge in [0.25, 0.3) is 0 Å². The second-order valence-electron chi connectivity index (χ2n) is 3.82. The summed E-state index contributed by atoms with van der Waals surface area (Å²) in [5, 5.41) is 8.89. The largest absolute Gasteiger partial charge is 2.00 e. The van der Waals surface area contributed by atoms with Gasteiger partial charge in [-0.25, -0.2) is 9.78 Å². The summed E-state index contributed by atoms with van der Waals surface area (Å²) in [5.74, 6) is -0.0681. The molecule has 0 saturated carbocycles. The minimum absolute atomic E-state index is 0. The van der Waals surface area contributed by atoms with Gasteiger partial charge in [0, 0.05) is 12.4 Å². The zero-order valence-corrected chi connectivity index (χ0v) is 12.6. The van der Waals surface area contributed by atoms with Gasteiger partial charge in [-0.15, -0.1) is 0 Å². The Labute approximate surface area is 132 Å². The standard InChI is InChI=1S/C13H14N2O4.Mg/c1-18-12-8-10(13(16)17)2-3-11(12)19-7-6-15-5-4-14-9-15;/h2-5,8-9H,6-7H2,1H3,(H,16,17);/q;+2. The van der Waals surface area contributed by atoms with E-state index in [1.807, 2.05) is 10.8 Å². The van der Waals surface area contributed by atoms with Crippen molar-refractivity contribution in [3.05, 3.63) is 42.5 Å². The van der Waals surface area contributed by atoms with Crippen LogP contribution in [0.5, 0.6) is 11.5 Å². The van der Waals surface area contributed by atoms with Crippen molar-refractivity contribution in [2.75, 3.05) is 13.7 Å². The van der Waals surface area contributed by atoms with Crippen LogP contribution in [-0.4, -0.2) is 57.4 Å². The summed E-state index contributed by atoms with van der Waals surface area (Å²) in [6.45, 7) is 1.10. The number of carboxylic acid groups (broad SMARTS) is 1. The number of methoxy groups -OCH3 is 1. The molecule has 6 nitrogen and oxygen atoms in total. The third-order valence-corrected chi connectivity index (χ3v) is 2.58. The molecular weight excluding hydrogens is 272 g/mol. The minimum atomic E-state index is -0.997. The van der Waals surface area contributed by atoms with Gasteiger partial charge in [-0.3, -0.25) is 0 Å². The molecule has 2 rings (SSSR count). The molecule has 7 heteroatoms. The Bertz CT molecular complexity index is 558. The molecule has 100 valence electrons. The van der Waals surface area contributed by atoms with E-state index in [2.05, 4.69) is 4.98 Å². The number of imidazole rings is 1. The van der Waals surface area contributed by atoms with Crippen molar-refractivity contribution in [1.82, 2.24) is 9.55 Å². The molecular formula is C13H14MgN2O4+2. The Morgan fingerprint density at radius 3 is 2.80 bits per heavy atom.